The van der Waals surface area contributed by atoms with Gasteiger partial charge in [-0.2, -0.15) is 0 Å². The van der Waals surface area contributed by atoms with Crippen molar-refractivity contribution in [1.82, 2.24) is 4.98 Å². The summed E-state index contributed by atoms with van der Waals surface area (Å²) in [7, 11) is -0.430. The summed E-state index contributed by atoms with van der Waals surface area (Å²) in [5, 5.41) is 0. The largest absolute Gasteiger partial charge is 0.497 e. The van der Waals surface area contributed by atoms with Crippen molar-refractivity contribution in [3.05, 3.63) is 72.4 Å². The highest BCUT2D eigenvalue weighted by molar-refractivity contribution is 7.93. The molecular formula is C22H23N3O3S. The Morgan fingerprint density at radius 3 is 2.41 bits per heavy atom. The predicted octanol–water partition coefficient (Wildman–Crippen LogP) is 4.00. The van der Waals surface area contributed by atoms with Gasteiger partial charge in [0.2, 0.25) is 0 Å². The van der Waals surface area contributed by atoms with E-state index in [1.54, 1.807) is 32.5 Å². The number of fused-ring (bicyclic) bond motifs is 2. The smallest absolute Gasteiger partial charge is 0.267 e. The van der Waals surface area contributed by atoms with Gasteiger partial charge in [-0.3, -0.25) is 4.31 Å². The molecule has 4 rings (SSSR count). The van der Waals surface area contributed by atoms with Crippen LogP contribution in [0.3, 0.4) is 0 Å². The van der Waals surface area contributed by atoms with Gasteiger partial charge in [0.15, 0.2) is 5.82 Å². The molecule has 2 heterocycles. The zero-order valence-corrected chi connectivity index (χ0v) is 17.3. The molecule has 29 heavy (non-hydrogen) atoms. The molecule has 150 valence electrons. The minimum absolute atomic E-state index is 0.225. The summed E-state index contributed by atoms with van der Waals surface area (Å²) in [5.41, 5.74) is 2.69. The fraction of sp³-hybridized carbons (Fsp3) is 0.227. The van der Waals surface area contributed by atoms with Gasteiger partial charge in [0.25, 0.3) is 10.0 Å². The quantitative estimate of drug-likeness (QED) is 0.637. The summed E-state index contributed by atoms with van der Waals surface area (Å²) in [4.78, 5) is 6.68. The van der Waals surface area contributed by atoms with Crippen LogP contribution in [0.15, 0.2) is 71.8 Å². The van der Waals surface area contributed by atoms with E-state index in [2.05, 4.69) is 17.1 Å². The van der Waals surface area contributed by atoms with E-state index in [-0.39, 0.29) is 4.90 Å². The Kier molecular flexibility index (Phi) is 5.15. The Labute approximate surface area is 171 Å². The Balaban J connectivity index is 1.67. The fourth-order valence-corrected chi connectivity index (χ4v) is 4.95. The van der Waals surface area contributed by atoms with Gasteiger partial charge >= 0.3 is 0 Å². The normalized spacial score (nSPS) is 14.7. The number of hydrogen-bond acceptors (Lipinski definition) is 5. The molecule has 0 saturated heterocycles. The number of ether oxygens (including phenoxy) is 1. The van der Waals surface area contributed by atoms with Gasteiger partial charge in [0.05, 0.1) is 18.5 Å². The molecule has 0 saturated carbocycles. The first-order valence-corrected chi connectivity index (χ1v) is 10.9. The first-order chi connectivity index (χ1) is 14.0. The number of aromatic nitrogens is 1. The number of rotatable bonds is 5. The minimum Gasteiger partial charge on any atom is -0.497 e. The molecule has 0 bridgehead atoms. The third-order valence-corrected chi connectivity index (χ3v) is 6.96. The van der Waals surface area contributed by atoms with Crippen LogP contribution in [0.4, 0.5) is 17.2 Å². The minimum atomic E-state index is -3.67. The fourth-order valence-electron chi connectivity index (χ4n) is 3.60. The van der Waals surface area contributed by atoms with Crippen LogP contribution in [-0.2, 0) is 16.4 Å². The lowest BCUT2D eigenvalue weighted by Crippen LogP contribution is -2.25. The summed E-state index contributed by atoms with van der Waals surface area (Å²) in [6.45, 7) is 0.649. The second-order valence-corrected chi connectivity index (χ2v) is 8.83. The van der Waals surface area contributed by atoms with Crippen molar-refractivity contribution < 1.29 is 13.2 Å². The summed E-state index contributed by atoms with van der Waals surface area (Å²) < 4.78 is 32.8. The highest BCUT2D eigenvalue weighted by Gasteiger charge is 2.33. The number of benzene rings is 2. The first-order valence-electron chi connectivity index (χ1n) is 9.46. The topological polar surface area (TPSA) is 62.7 Å². The molecule has 6 nitrogen and oxygen atoms in total. The van der Waals surface area contributed by atoms with Crippen molar-refractivity contribution >= 4 is 27.2 Å². The number of aryl methyl sites for hydroxylation is 1. The van der Waals surface area contributed by atoms with E-state index in [0.717, 1.165) is 24.3 Å². The lowest BCUT2D eigenvalue weighted by Gasteiger charge is -2.25. The summed E-state index contributed by atoms with van der Waals surface area (Å²) in [5.74, 6) is 1.31. The van der Waals surface area contributed by atoms with Crippen LogP contribution in [0.5, 0.6) is 5.75 Å². The van der Waals surface area contributed by atoms with E-state index >= 15 is 0 Å². The van der Waals surface area contributed by atoms with Crippen molar-refractivity contribution in [3.8, 4) is 5.75 Å². The third kappa shape index (κ3) is 3.53. The van der Waals surface area contributed by atoms with E-state index in [1.807, 2.05) is 41.3 Å². The lowest BCUT2D eigenvalue weighted by molar-refractivity contribution is 0.414. The van der Waals surface area contributed by atoms with Gasteiger partial charge in [0.1, 0.15) is 10.6 Å². The van der Waals surface area contributed by atoms with Crippen molar-refractivity contribution in [3.63, 3.8) is 0 Å². The van der Waals surface area contributed by atoms with Gasteiger partial charge < -0.3 is 9.64 Å². The highest BCUT2D eigenvalue weighted by Crippen LogP contribution is 2.42. The number of nitrogens with zero attached hydrogens (tertiary/aromatic N) is 3. The number of pyridine rings is 1. The molecule has 0 N–H and O–H groups in total. The number of anilines is 3. The molecule has 1 aliphatic rings. The van der Waals surface area contributed by atoms with Crippen LogP contribution < -0.4 is 13.9 Å². The molecule has 1 aromatic heterocycles. The highest BCUT2D eigenvalue weighted by atomic mass is 32.2. The molecule has 2 aromatic carbocycles. The predicted molar refractivity (Wildman–Crippen MR) is 115 cm³/mol. The van der Waals surface area contributed by atoms with E-state index in [4.69, 9.17) is 4.74 Å². The molecule has 0 unspecified atom stereocenters. The van der Waals surface area contributed by atoms with Crippen LogP contribution in [0, 0.1) is 0 Å². The van der Waals surface area contributed by atoms with E-state index < -0.39 is 10.0 Å². The Morgan fingerprint density at radius 2 is 1.69 bits per heavy atom. The van der Waals surface area contributed by atoms with Crippen LogP contribution in [-0.4, -0.2) is 34.1 Å². The Hall–Kier alpha value is -3.06. The number of sulfonamides is 1. The molecule has 0 atom stereocenters. The molecule has 0 spiro atoms. The molecule has 1 aliphatic heterocycles. The maximum Gasteiger partial charge on any atom is 0.267 e. The first kappa shape index (κ1) is 19.3. The second-order valence-electron chi connectivity index (χ2n) is 6.89. The van der Waals surface area contributed by atoms with Gasteiger partial charge in [-0.05, 0) is 54.8 Å². The van der Waals surface area contributed by atoms with Crippen molar-refractivity contribution in [1.29, 1.82) is 0 Å². The van der Waals surface area contributed by atoms with Gasteiger partial charge in [-0.25, -0.2) is 13.4 Å². The third-order valence-electron chi connectivity index (χ3n) is 5.16. The molecule has 0 aliphatic carbocycles. The average Bonchev–Trinajstić information content (AvgIpc) is 2.82. The van der Waals surface area contributed by atoms with E-state index in [0.29, 0.717) is 18.1 Å². The summed E-state index contributed by atoms with van der Waals surface area (Å²) in [6, 6.07) is 18.8. The number of hydrogen-bond donors (Lipinski definition) is 0. The van der Waals surface area contributed by atoms with Gasteiger partial charge in [0, 0.05) is 19.8 Å². The lowest BCUT2D eigenvalue weighted by atomic mass is 10.1. The molecule has 3 aromatic rings. The van der Waals surface area contributed by atoms with E-state index in [1.165, 1.54) is 9.87 Å². The monoisotopic (exact) mass is 409 g/mol. The SMILES string of the molecule is COc1ccc(CCCN2c3ccccc3N(C)S(=O)(=O)c3cccnc32)cc1. The van der Waals surface area contributed by atoms with Gasteiger partial charge in [-0.1, -0.05) is 24.3 Å². The van der Waals surface area contributed by atoms with Crippen LogP contribution >= 0.6 is 0 Å². The van der Waals surface area contributed by atoms with Crippen LogP contribution in [0.1, 0.15) is 12.0 Å². The molecule has 0 amide bonds. The van der Waals surface area contributed by atoms with Crippen LogP contribution in [0.25, 0.3) is 0 Å². The molecule has 0 radical (unpaired) electrons. The van der Waals surface area contributed by atoms with Crippen LogP contribution in [0.2, 0.25) is 0 Å². The standard InChI is InChI=1S/C22H23N3O3S/c1-24-19-8-3-4-9-20(19)25(22-21(29(24,26)27)10-5-15-23-22)16-6-7-17-11-13-18(28-2)14-12-17/h3-5,8-15H,6-7,16H2,1-2H3. The zero-order chi connectivity index (χ0) is 20.4. The maximum atomic E-state index is 13.1. The maximum absolute atomic E-state index is 13.1. The van der Waals surface area contributed by atoms with Crippen molar-refractivity contribution in [2.75, 3.05) is 29.9 Å². The number of methoxy groups -OCH3 is 1. The number of para-hydroxylation sites is 2. The Bertz CT molecular complexity index is 1110. The summed E-state index contributed by atoms with van der Waals surface area (Å²) in [6.07, 6.45) is 3.35. The second kappa shape index (κ2) is 7.75. The average molecular weight is 410 g/mol. The molecular weight excluding hydrogens is 386 g/mol. The molecule has 7 heteroatoms. The zero-order valence-electron chi connectivity index (χ0n) is 16.4. The Morgan fingerprint density at radius 1 is 0.966 bits per heavy atom. The van der Waals surface area contributed by atoms with Crippen molar-refractivity contribution in [2.24, 2.45) is 0 Å². The van der Waals surface area contributed by atoms with Gasteiger partial charge in [-0.15, -0.1) is 0 Å². The van der Waals surface area contributed by atoms with E-state index in [9.17, 15) is 8.42 Å². The summed E-state index contributed by atoms with van der Waals surface area (Å²) >= 11 is 0. The molecule has 0 fully saturated rings. The van der Waals surface area contributed by atoms with Crippen molar-refractivity contribution in [2.45, 2.75) is 17.7 Å².